The quantitative estimate of drug-likeness (QED) is 0.714. The number of hydrogen-bond donors (Lipinski definition) is 0. The summed E-state index contributed by atoms with van der Waals surface area (Å²) in [6.07, 6.45) is -0.238. The van der Waals surface area contributed by atoms with E-state index in [1.807, 2.05) is 38.1 Å². The third-order valence-corrected chi connectivity index (χ3v) is 2.62. The van der Waals surface area contributed by atoms with E-state index in [0.29, 0.717) is 6.61 Å². The van der Waals surface area contributed by atoms with E-state index in [-0.39, 0.29) is 11.7 Å². The third-order valence-electron chi connectivity index (χ3n) is 2.62. The van der Waals surface area contributed by atoms with E-state index < -0.39 is 0 Å². The molecule has 1 unspecified atom stereocenters. The van der Waals surface area contributed by atoms with Crippen LogP contribution in [0.4, 0.5) is 0 Å². The molecule has 1 atom stereocenters. The van der Waals surface area contributed by atoms with Crippen molar-refractivity contribution in [2.24, 2.45) is 5.41 Å². The van der Waals surface area contributed by atoms with Crippen LogP contribution in [-0.4, -0.2) is 12.9 Å². The SMILES string of the molecule is C=C(C)c1ccc(OC(OCC)C(C)(C)C)cc1. The van der Waals surface area contributed by atoms with Gasteiger partial charge in [0.15, 0.2) is 0 Å². The van der Waals surface area contributed by atoms with Gasteiger partial charge in [0, 0.05) is 12.0 Å². The second-order valence-electron chi connectivity index (χ2n) is 5.58. The highest BCUT2D eigenvalue weighted by atomic mass is 16.7. The minimum atomic E-state index is -0.238. The zero-order valence-electron chi connectivity index (χ0n) is 12.1. The average Bonchev–Trinajstić information content (AvgIpc) is 2.28. The van der Waals surface area contributed by atoms with Gasteiger partial charge in [-0.1, -0.05) is 45.1 Å². The lowest BCUT2D eigenvalue weighted by atomic mass is 9.96. The molecule has 0 aliphatic rings. The number of allylic oxidation sites excluding steroid dienone is 1. The molecule has 0 aliphatic heterocycles. The van der Waals surface area contributed by atoms with E-state index in [2.05, 4.69) is 27.4 Å². The Morgan fingerprint density at radius 2 is 1.78 bits per heavy atom. The van der Waals surface area contributed by atoms with Crippen LogP contribution >= 0.6 is 0 Å². The molecule has 0 aromatic heterocycles. The first-order valence-electron chi connectivity index (χ1n) is 6.38. The first-order chi connectivity index (χ1) is 8.34. The van der Waals surface area contributed by atoms with Crippen LogP contribution in [0, 0.1) is 5.41 Å². The summed E-state index contributed by atoms with van der Waals surface area (Å²) in [5.74, 6) is 0.827. The first-order valence-corrected chi connectivity index (χ1v) is 6.38. The van der Waals surface area contributed by atoms with E-state index in [1.54, 1.807) is 0 Å². The lowest BCUT2D eigenvalue weighted by molar-refractivity contribution is -0.137. The van der Waals surface area contributed by atoms with Crippen molar-refractivity contribution in [3.05, 3.63) is 36.4 Å². The maximum Gasteiger partial charge on any atom is 0.204 e. The molecule has 1 aromatic rings. The van der Waals surface area contributed by atoms with Crippen LogP contribution in [0.3, 0.4) is 0 Å². The smallest absolute Gasteiger partial charge is 0.204 e. The fraction of sp³-hybridized carbons (Fsp3) is 0.500. The van der Waals surface area contributed by atoms with Crippen molar-refractivity contribution >= 4 is 5.57 Å². The Morgan fingerprint density at radius 3 is 2.17 bits per heavy atom. The van der Waals surface area contributed by atoms with Gasteiger partial charge in [-0.05, 0) is 31.5 Å². The molecule has 1 aromatic carbocycles. The van der Waals surface area contributed by atoms with Gasteiger partial charge in [0.1, 0.15) is 5.75 Å². The van der Waals surface area contributed by atoms with Crippen molar-refractivity contribution in [1.82, 2.24) is 0 Å². The van der Waals surface area contributed by atoms with E-state index in [4.69, 9.17) is 9.47 Å². The first kappa shape index (κ1) is 14.8. The molecule has 0 saturated heterocycles. The minimum Gasteiger partial charge on any atom is -0.464 e. The zero-order chi connectivity index (χ0) is 13.8. The summed E-state index contributed by atoms with van der Waals surface area (Å²) in [5, 5.41) is 0. The maximum absolute atomic E-state index is 5.90. The predicted octanol–water partition coefficient (Wildman–Crippen LogP) is 4.51. The molecule has 0 heterocycles. The molecule has 100 valence electrons. The molecule has 0 saturated carbocycles. The summed E-state index contributed by atoms with van der Waals surface area (Å²) in [4.78, 5) is 0. The second kappa shape index (κ2) is 6.05. The number of hydrogen-bond acceptors (Lipinski definition) is 2. The molecule has 2 heteroatoms. The van der Waals surface area contributed by atoms with Gasteiger partial charge in [-0.25, -0.2) is 0 Å². The molecule has 0 spiro atoms. The summed E-state index contributed by atoms with van der Waals surface area (Å²) in [6, 6.07) is 7.95. The van der Waals surface area contributed by atoms with Gasteiger partial charge < -0.3 is 9.47 Å². The van der Waals surface area contributed by atoms with E-state index in [9.17, 15) is 0 Å². The van der Waals surface area contributed by atoms with Gasteiger partial charge in [-0.15, -0.1) is 0 Å². The largest absolute Gasteiger partial charge is 0.464 e. The monoisotopic (exact) mass is 248 g/mol. The molecule has 0 N–H and O–H groups in total. The molecule has 18 heavy (non-hydrogen) atoms. The van der Waals surface area contributed by atoms with E-state index >= 15 is 0 Å². The lowest BCUT2D eigenvalue weighted by Gasteiger charge is -2.30. The van der Waals surface area contributed by atoms with E-state index in [1.165, 1.54) is 0 Å². The molecule has 0 fully saturated rings. The van der Waals surface area contributed by atoms with Crippen molar-refractivity contribution in [2.45, 2.75) is 40.9 Å². The topological polar surface area (TPSA) is 18.5 Å². The summed E-state index contributed by atoms with van der Waals surface area (Å²) in [6.45, 7) is 14.9. The Hall–Kier alpha value is -1.28. The molecular formula is C16H24O2. The van der Waals surface area contributed by atoms with Crippen molar-refractivity contribution < 1.29 is 9.47 Å². The van der Waals surface area contributed by atoms with Crippen molar-refractivity contribution in [3.8, 4) is 5.75 Å². The molecule has 0 bridgehead atoms. The molecule has 0 radical (unpaired) electrons. The van der Waals surface area contributed by atoms with Gasteiger partial charge >= 0.3 is 0 Å². The van der Waals surface area contributed by atoms with Crippen LogP contribution in [0.15, 0.2) is 30.8 Å². The summed E-state index contributed by atoms with van der Waals surface area (Å²) < 4.78 is 11.6. The number of benzene rings is 1. The maximum atomic E-state index is 5.90. The van der Waals surface area contributed by atoms with Crippen LogP contribution in [0.25, 0.3) is 5.57 Å². The summed E-state index contributed by atoms with van der Waals surface area (Å²) >= 11 is 0. The van der Waals surface area contributed by atoms with Crippen LogP contribution < -0.4 is 4.74 Å². The minimum absolute atomic E-state index is 0.0525. The van der Waals surface area contributed by atoms with Crippen LogP contribution in [0.5, 0.6) is 5.75 Å². The van der Waals surface area contributed by atoms with Crippen LogP contribution in [0.1, 0.15) is 40.2 Å². The predicted molar refractivity (Wildman–Crippen MR) is 76.6 cm³/mol. The van der Waals surface area contributed by atoms with E-state index in [0.717, 1.165) is 16.9 Å². The normalized spacial score (nSPS) is 13.2. The summed E-state index contributed by atoms with van der Waals surface area (Å²) in [7, 11) is 0. The molecular weight excluding hydrogens is 224 g/mol. The molecule has 0 amide bonds. The van der Waals surface area contributed by atoms with Crippen molar-refractivity contribution in [2.75, 3.05) is 6.61 Å². The van der Waals surface area contributed by atoms with Gasteiger partial charge in [0.05, 0.1) is 0 Å². The molecule has 1 rings (SSSR count). The molecule has 2 nitrogen and oxygen atoms in total. The van der Waals surface area contributed by atoms with Gasteiger partial charge in [-0.3, -0.25) is 0 Å². The highest BCUT2D eigenvalue weighted by molar-refractivity contribution is 5.61. The third kappa shape index (κ3) is 4.19. The van der Waals surface area contributed by atoms with Crippen molar-refractivity contribution in [3.63, 3.8) is 0 Å². The van der Waals surface area contributed by atoms with Gasteiger partial charge in [-0.2, -0.15) is 0 Å². The number of rotatable bonds is 5. The Kier molecular flexibility index (Phi) is 4.97. The Balaban J connectivity index is 2.78. The second-order valence-corrected chi connectivity index (χ2v) is 5.58. The Bertz CT molecular complexity index is 385. The van der Waals surface area contributed by atoms with Crippen LogP contribution in [-0.2, 0) is 4.74 Å². The Morgan fingerprint density at radius 1 is 1.22 bits per heavy atom. The standard InChI is InChI=1S/C16H24O2/c1-7-17-15(16(4,5)6)18-14-10-8-13(9-11-14)12(2)3/h8-11,15H,2,7H2,1,3-6H3. The average molecular weight is 248 g/mol. The highest BCUT2D eigenvalue weighted by Gasteiger charge is 2.27. The van der Waals surface area contributed by atoms with Crippen LogP contribution in [0.2, 0.25) is 0 Å². The zero-order valence-corrected chi connectivity index (χ0v) is 12.1. The fourth-order valence-corrected chi connectivity index (χ4v) is 1.55. The van der Waals surface area contributed by atoms with Crippen molar-refractivity contribution in [1.29, 1.82) is 0 Å². The number of ether oxygens (including phenoxy) is 2. The fourth-order valence-electron chi connectivity index (χ4n) is 1.55. The molecule has 0 aliphatic carbocycles. The van der Waals surface area contributed by atoms with Gasteiger partial charge in [0.2, 0.25) is 6.29 Å². The summed E-state index contributed by atoms with van der Waals surface area (Å²) in [5.41, 5.74) is 2.13. The van der Waals surface area contributed by atoms with Gasteiger partial charge in [0.25, 0.3) is 0 Å². The lowest BCUT2D eigenvalue weighted by Crippen LogP contribution is -2.34. The Labute approximate surface area is 111 Å². The highest BCUT2D eigenvalue weighted by Crippen LogP contribution is 2.26.